The molecule has 9 heteroatoms. The molecule has 2 aromatic heterocycles. The van der Waals surface area contributed by atoms with E-state index in [0.717, 1.165) is 27.6 Å². The number of hydrogen-bond acceptors (Lipinski definition) is 8. The van der Waals surface area contributed by atoms with Gasteiger partial charge in [0.1, 0.15) is 10.6 Å². The minimum Gasteiger partial charge on any atom is -0.396 e. The van der Waals surface area contributed by atoms with Crippen LogP contribution >= 0.6 is 11.3 Å². The van der Waals surface area contributed by atoms with Gasteiger partial charge in [-0.25, -0.2) is 0 Å². The maximum atomic E-state index is 13.4. The van der Waals surface area contributed by atoms with Crippen LogP contribution in [0.3, 0.4) is 0 Å². The summed E-state index contributed by atoms with van der Waals surface area (Å²) in [7, 11) is 0. The van der Waals surface area contributed by atoms with Gasteiger partial charge in [0.2, 0.25) is 5.13 Å². The van der Waals surface area contributed by atoms with Crippen LogP contribution in [-0.4, -0.2) is 75.6 Å². The van der Waals surface area contributed by atoms with Crippen molar-refractivity contribution in [3.05, 3.63) is 47.1 Å². The second-order valence-electron chi connectivity index (χ2n) is 8.76. The van der Waals surface area contributed by atoms with Crippen LogP contribution in [0.15, 0.2) is 36.5 Å². The minimum atomic E-state index is -0.490. The van der Waals surface area contributed by atoms with Crippen LogP contribution in [0.2, 0.25) is 0 Å². The molecule has 3 aliphatic rings. The summed E-state index contributed by atoms with van der Waals surface area (Å²) < 4.78 is 6.50. The Labute approximate surface area is 183 Å². The normalized spacial score (nSPS) is 29.5. The van der Waals surface area contributed by atoms with Crippen LogP contribution in [0.4, 0.5) is 5.13 Å². The summed E-state index contributed by atoms with van der Waals surface area (Å²) in [5.41, 5.74) is 0.970. The number of para-hydroxylation sites is 1. The first-order valence-electron chi connectivity index (χ1n) is 10.5. The Bertz CT molecular complexity index is 1170. The van der Waals surface area contributed by atoms with Crippen molar-refractivity contribution in [2.45, 2.75) is 18.6 Å². The largest absolute Gasteiger partial charge is 0.396 e. The van der Waals surface area contributed by atoms with Gasteiger partial charge in [-0.1, -0.05) is 29.5 Å². The van der Waals surface area contributed by atoms with Crippen molar-refractivity contribution >= 4 is 33.3 Å². The number of pyridine rings is 1. The molecule has 3 aromatic rings. The molecule has 0 aliphatic carbocycles. The lowest BCUT2D eigenvalue weighted by molar-refractivity contribution is -0.100. The Morgan fingerprint density at radius 1 is 1.29 bits per heavy atom. The third-order valence-corrected chi connectivity index (χ3v) is 7.81. The van der Waals surface area contributed by atoms with Crippen LogP contribution in [-0.2, 0) is 4.74 Å². The number of benzene rings is 1. The van der Waals surface area contributed by atoms with Gasteiger partial charge in [0.15, 0.2) is 0 Å². The van der Waals surface area contributed by atoms with Gasteiger partial charge in [0, 0.05) is 43.1 Å². The number of aliphatic hydroxyl groups is 1. The number of hydrogen-bond donors (Lipinski definition) is 1. The number of anilines is 1. The molecule has 6 rings (SSSR count). The van der Waals surface area contributed by atoms with Gasteiger partial charge in [-0.15, -0.1) is 10.2 Å². The first-order chi connectivity index (χ1) is 15.1. The van der Waals surface area contributed by atoms with E-state index in [4.69, 9.17) is 4.74 Å². The Morgan fingerprint density at radius 3 is 2.97 bits per heavy atom. The van der Waals surface area contributed by atoms with Crippen molar-refractivity contribution in [1.29, 1.82) is 0 Å². The lowest BCUT2D eigenvalue weighted by atomic mass is 9.83. The molecule has 5 heterocycles. The van der Waals surface area contributed by atoms with E-state index in [0.29, 0.717) is 25.2 Å². The summed E-state index contributed by atoms with van der Waals surface area (Å²) in [6.07, 6.45) is 1.51. The van der Waals surface area contributed by atoms with E-state index in [1.165, 1.54) is 0 Å². The van der Waals surface area contributed by atoms with Gasteiger partial charge in [-0.05, 0) is 19.1 Å². The number of aryl methyl sites for hydroxylation is 1. The van der Waals surface area contributed by atoms with Crippen molar-refractivity contribution in [3.8, 4) is 0 Å². The van der Waals surface area contributed by atoms with Gasteiger partial charge in [-0.3, -0.25) is 9.78 Å². The highest BCUT2D eigenvalue weighted by Gasteiger charge is 2.63. The molecule has 3 aliphatic heterocycles. The average molecular weight is 438 g/mol. The third-order valence-electron chi connectivity index (χ3n) is 6.91. The summed E-state index contributed by atoms with van der Waals surface area (Å²) >= 11 is 1.56. The summed E-state index contributed by atoms with van der Waals surface area (Å²) in [6.45, 7) is 4.41. The van der Waals surface area contributed by atoms with Crippen LogP contribution in [0.25, 0.3) is 10.9 Å². The monoisotopic (exact) mass is 437 g/mol. The highest BCUT2D eigenvalue weighted by Crippen LogP contribution is 2.50. The number of likely N-dealkylation sites (tertiary alicyclic amines) is 1. The number of morpholine rings is 1. The zero-order valence-corrected chi connectivity index (χ0v) is 18.0. The lowest BCUT2D eigenvalue weighted by Gasteiger charge is -2.40. The standard InChI is InChI=1S/C22H23N5O3S/c1-13-24-25-21(31-13)27-8-17-16(10-28)19-9-26(11-22(17,12-27)30-19)20(29)15-6-14-4-2-3-5-18(14)23-7-15/h2-7,16-17,19,28H,8-12H2,1H3/t16-,17+,19+,22+/m0/s1. The fraction of sp³-hybridized carbons (Fsp3) is 0.455. The molecule has 1 amide bonds. The van der Waals surface area contributed by atoms with Gasteiger partial charge in [0.05, 0.1) is 30.3 Å². The zero-order valence-electron chi connectivity index (χ0n) is 17.1. The fourth-order valence-corrected chi connectivity index (χ4v) is 6.21. The number of aromatic nitrogens is 3. The summed E-state index contributed by atoms with van der Waals surface area (Å²) in [6, 6.07) is 9.71. The van der Waals surface area contributed by atoms with Crippen molar-refractivity contribution in [3.63, 3.8) is 0 Å². The molecule has 1 spiro atoms. The van der Waals surface area contributed by atoms with Crippen LogP contribution in [0.1, 0.15) is 15.4 Å². The molecule has 0 unspecified atom stereocenters. The Hall–Kier alpha value is -2.62. The van der Waals surface area contributed by atoms with Crippen LogP contribution < -0.4 is 4.90 Å². The van der Waals surface area contributed by atoms with Gasteiger partial charge in [-0.2, -0.15) is 0 Å². The fourth-order valence-electron chi connectivity index (χ4n) is 5.52. The van der Waals surface area contributed by atoms with Crippen LogP contribution in [0.5, 0.6) is 0 Å². The Balaban J connectivity index is 1.30. The quantitative estimate of drug-likeness (QED) is 0.667. The molecule has 0 radical (unpaired) electrons. The summed E-state index contributed by atoms with van der Waals surface area (Å²) in [4.78, 5) is 22.0. The van der Waals surface area contributed by atoms with E-state index in [9.17, 15) is 9.90 Å². The molecular weight excluding hydrogens is 414 g/mol. The highest BCUT2D eigenvalue weighted by molar-refractivity contribution is 7.15. The number of rotatable bonds is 3. The maximum Gasteiger partial charge on any atom is 0.255 e. The van der Waals surface area contributed by atoms with E-state index < -0.39 is 5.60 Å². The number of aliphatic hydroxyl groups excluding tert-OH is 1. The van der Waals surface area contributed by atoms with Gasteiger partial charge in [0.25, 0.3) is 5.91 Å². The number of nitrogens with zero attached hydrogens (tertiary/aromatic N) is 5. The Kier molecular flexibility index (Phi) is 4.28. The zero-order chi connectivity index (χ0) is 21.2. The predicted molar refractivity (Wildman–Crippen MR) is 116 cm³/mol. The van der Waals surface area contributed by atoms with Crippen molar-refractivity contribution < 1.29 is 14.6 Å². The summed E-state index contributed by atoms with van der Waals surface area (Å²) in [5, 5.41) is 21.3. The van der Waals surface area contributed by atoms with E-state index in [2.05, 4.69) is 20.1 Å². The number of amides is 1. The first-order valence-corrected chi connectivity index (χ1v) is 11.4. The molecule has 3 fully saturated rings. The number of ether oxygens (including phenoxy) is 1. The number of carbonyl (C=O) groups excluding carboxylic acids is 1. The second kappa shape index (κ2) is 6.94. The molecule has 1 aromatic carbocycles. The topological polar surface area (TPSA) is 91.7 Å². The number of fused-ring (bicyclic) bond motifs is 2. The Morgan fingerprint density at radius 2 is 2.16 bits per heavy atom. The lowest BCUT2D eigenvalue weighted by Crippen LogP contribution is -2.55. The van der Waals surface area contributed by atoms with Gasteiger partial charge < -0.3 is 19.6 Å². The molecule has 2 bridgehead atoms. The molecular formula is C22H23N5O3S. The predicted octanol–water partition coefficient (Wildman–Crippen LogP) is 1.73. The smallest absolute Gasteiger partial charge is 0.255 e. The SMILES string of the molecule is Cc1nnc(N2C[C@@H]3[C@H](CO)[C@H]4CN(C(=O)c5cnc6ccccc6c5)C[C@]3(C2)O4)s1. The van der Waals surface area contributed by atoms with Crippen molar-refractivity contribution in [2.75, 3.05) is 37.7 Å². The average Bonchev–Trinajstić information content (AvgIpc) is 3.42. The number of carbonyl (C=O) groups is 1. The molecule has 1 N–H and O–H groups in total. The van der Waals surface area contributed by atoms with E-state index >= 15 is 0 Å². The maximum absolute atomic E-state index is 13.4. The minimum absolute atomic E-state index is 0.00606. The summed E-state index contributed by atoms with van der Waals surface area (Å²) in [5.74, 6) is 0.124. The van der Waals surface area contributed by atoms with Gasteiger partial charge >= 0.3 is 0 Å². The molecule has 0 saturated carbocycles. The second-order valence-corrected chi connectivity index (χ2v) is 9.92. The molecule has 160 valence electrons. The molecule has 8 nitrogen and oxygen atoms in total. The van der Waals surface area contributed by atoms with Crippen molar-refractivity contribution in [2.24, 2.45) is 11.8 Å². The molecule has 4 atom stereocenters. The first kappa shape index (κ1) is 19.1. The molecule has 3 saturated heterocycles. The highest BCUT2D eigenvalue weighted by atomic mass is 32.1. The molecule has 31 heavy (non-hydrogen) atoms. The van der Waals surface area contributed by atoms with E-state index in [1.807, 2.05) is 42.2 Å². The van der Waals surface area contributed by atoms with E-state index in [-0.39, 0.29) is 30.5 Å². The van der Waals surface area contributed by atoms with Crippen LogP contribution in [0, 0.1) is 18.8 Å². The third kappa shape index (κ3) is 2.95. The van der Waals surface area contributed by atoms with E-state index in [1.54, 1.807) is 17.5 Å². The van der Waals surface area contributed by atoms with Crippen molar-refractivity contribution in [1.82, 2.24) is 20.1 Å².